The quantitative estimate of drug-likeness (QED) is 0.554. The number of carbonyl (C=O) groups excluding carboxylic acids is 1. The maximum Gasteiger partial charge on any atom is 0.227 e. The van der Waals surface area contributed by atoms with Crippen molar-refractivity contribution in [2.75, 3.05) is 11.1 Å². The summed E-state index contributed by atoms with van der Waals surface area (Å²) >= 11 is 4.73. The molecule has 0 radical (unpaired) electrons. The molecule has 1 aliphatic rings. The van der Waals surface area contributed by atoms with E-state index in [2.05, 4.69) is 25.5 Å². The molecular weight excluding hydrogens is 350 g/mol. The molecule has 0 fully saturated rings. The number of rotatable bonds is 5. The Labute approximate surface area is 144 Å². The highest BCUT2D eigenvalue weighted by Gasteiger charge is 2.21. The molecule has 0 aliphatic heterocycles. The lowest BCUT2D eigenvalue weighted by Crippen LogP contribution is -2.12. The lowest BCUT2D eigenvalue weighted by molar-refractivity contribution is -0.115. The molecular formula is C14H13N5OS3. The number of anilines is 1. The number of amides is 1. The maximum absolute atomic E-state index is 11.9. The third-order valence-corrected chi connectivity index (χ3v) is 6.44. The van der Waals surface area contributed by atoms with E-state index < -0.39 is 0 Å². The van der Waals surface area contributed by atoms with Gasteiger partial charge in [-0.05, 0) is 24.8 Å². The summed E-state index contributed by atoms with van der Waals surface area (Å²) in [6.45, 7) is 0. The van der Waals surface area contributed by atoms with E-state index in [4.69, 9.17) is 0 Å². The van der Waals surface area contributed by atoms with Crippen molar-refractivity contribution in [3.05, 3.63) is 22.3 Å². The number of carbonyl (C=O) groups is 1. The minimum atomic E-state index is -0.0462. The van der Waals surface area contributed by atoms with E-state index in [1.54, 1.807) is 34.9 Å². The molecule has 0 spiro atoms. The molecule has 0 bridgehead atoms. The molecule has 1 amide bonds. The topological polar surface area (TPSA) is 80.7 Å². The third-order valence-electron chi connectivity index (χ3n) is 3.64. The average molecular weight is 363 g/mol. The Hall–Kier alpha value is -1.58. The molecule has 118 valence electrons. The van der Waals surface area contributed by atoms with Crippen molar-refractivity contribution in [1.29, 1.82) is 0 Å². The second kappa shape index (κ2) is 6.50. The number of thioether (sulfide) groups is 1. The summed E-state index contributed by atoms with van der Waals surface area (Å²) in [7, 11) is 0. The summed E-state index contributed by atoms with van der Waals surface area (Å²) < 4.78 is 0. The van der Waals surface area contributed by atoms with Crippen LogP contribution in [0.4, 0.5) is 5.13 Å². The second-order valence-corrected chi connectivity index (χ2v) is 8.11. The summed E-state index contributed by atoms with van der Waals surface area (Å²) in [4.78, 5) is 23.2. The Kier molecular flexibility index (Phi) is 4.23. The third kappa shape index (κ3) is 3.08. The van der Waals surface area contributed by atoms with Crippen LogP contribution in [-0.2, 0) is 17.6 Å². The van der Waals surface area contributed by atoms with Crippen LogP contribution in [0.3, 0.4) is 0 Å². The Morgan fingerprint density at radius 1 is 1.35 bits per heavy atom. The van der Waals surface area contributed by atoms with Gasteiger partial charge < -0.3 is 5.32 Å². The highest BCUT2D eigenvalue weighted by atomic mass is 32.2. The molecule has 3 aromatic heterocycles. The van der Waals surface area contributed by atoms with Gasteiger partial charge in [0.2, 0.25) is 11.0 Å². The van der Waals surface area contributed by atoms with Gasteiger partial charge in [0.15, 0.2) is 0 Å². The number of aromatic nitrogens is 4. The summed E-state index contributed by atoms with van der Waals surface area (Å²) in [6, 6.07) is 0. The number of nitrogens with one attached hydrogen (secondary N) is 1. The largest absolute Gasteiger partial charge is 0.301 e. The fourth-order valence-corrected chi connectivity index (χ4v) is 5.38. The Morgan fingerprint density at radius 3 is 3.17 bits per heavy atom. The van der Waals surface area contributed by atoms with Crippen LogP contribution in [0.15, 0.2) is 16.9 Å². The van der Waals surface area contributed by atoms with Crippen LogP contribution < -0.4 is 5.32 Å². The van der Waals surface area contributed by atoms with Crippen molar-refractivity contribution in [3.63, 3.8) is 0 Å². The van der Waals surface area contributed by atoms with Crippen LogP contribution in [0.5, 0.6) is 0 Å². The van der Waals surface area contributed by atoms with Crippen molar-refractivity contribution in [3.8, 4) is 0 Å². The van der Waals surface area contributed by atoms with Crippen molar-refractivity contribution >= 4 is 55.7 Å². The van der Waals surface area contributed by atoms with Gasteiger partial charge >= 0.3 is 0 Å². The van der Waals surface area contributed by atoms with E-state index in [1.807, 2.05) is 0 Å². The fourth-order valence-electron chi connectivity index (χ4n) is 2.66. The second-order valence-electron chi connectivity index (χ2n) is 5.11. The van der Waals surface area contributed by atoms with Gasteiger partial charge in [0.25, 0.3) is 0 Å². The molecule has 4 rings (SSSR count). The first-order valence-corrected chi connectivity index (χ1v) is 9.93. The first kappa shape index (κ1) is 15.0. The fraction of sp³-hybridized carbons (Fsp3) is 0.357. The number of aryl methyl sites for hydroxylation is 2. The van der Waals surface area contributed by atoms with Crippen molar-refractivity contribution in [1.82, 2.24) is 20.2 Å². The molecule has 1 N–H and O–H groups in total. The highest BCUT2D eigenvalue weighted by molar-refractivity contribution is 7.99. The minimum Gasteiger partial charge on any atom is -0.301 e. The number of hydrogen-bond acceptors (Lipinski definition) is 8. The van der Waals surface area contributed by atoms with Gasteiger partial charge in [-0.2, -0.15) is 0 Å². The normalized spacial score (nSPS) is 13.4. The lowest BCUT2D eigenvalue weighted by Gasteiger charge is -2.04. The molecule has 9 heteroatoms. The van der Waals surface area contributed by atoms with Crippen LogP contribution in [0, 0.1) is 0 Å². The van der Waals surface area contributed by atoms with Crippen molar-refractivity contribution in [2.45, 2.75) is 30.7 Å². The Morgan fingerprint density at radius 2 is 2.30 bits per heavy atom. The van der Waals surface area contributed by atoms with E-state index in [1.165, 1.54) is 33.6 Å². The molecule has 0 aromatic carbocycles. The van der Waals surface area contributed by atoms with Gasteiger partial charge in [-0.25, -0.2) is 9.97 Å². The first-order chi connectivity index (χ1) is 11.3. The highest BCUT2D eigenvalue weighted by Crippen LogP contribution is 2.40. The number of thiophene rings is 1. The molecule has 0 unspecified atom stereocenters. The summed E-state index contributed by atoms with van der Waals surface area (Å²) in [5.41, 5.74) is 3.02. The summed E-state index contributed by atoms with van der Waals surface area (Å²) in [5.74, 6) is 0.636. The zero-order chi connectivity index (χ0) is 15.6. The molecule has 0 saturated heterocycles. The Bertz CT molecular complexity index is 846. The molecule has 0 saturated carbocycles. The van der Waals surface area contributed by atoms with E-state index in [-0.39, 0.29) is 5.91 Å². The van der Waals surface area contributed by atoms with Crippen LogP contribution in [0.25, 0.3) is 10.2 Å². The molecule has 1 aliphatic carbocycles. The molecule has 0 atom stereocenters. The van der Waals surface area contributed by atoms with Gasteiger partial charge in [0, 0.05) is 22.4 Å². The van der Waals surface area contributed by atoms with Crippen LogP contribution in [-0.4, -0.2) is 31.8 Å². The molecule has 3 heterocycles. The predicted octanol–water partition coefficient (Wildman–Crippen LogP) is 3.15. The zero-order valence-electron chi connectivity index (χ0n) is 12.1. The zero-order valence-corrected chi connectivity index (χ0v) is 14.6. The van der Waals surface area contributed by atoms with Crippen molar-refractivity contribution < 1.29 is 4.79 Å². The van der Waals surface area contributed by atoms with E-state index in [0.29, 0.717) is 17.3 Å². The minimum absolute atomic E-state index is 0.0462. The monoisotopic (exact) mass is 363 g/mol. The van der Waals surface area contributed by atoms with Gasteiger partial charge in [-0.3, -0.25) is 4.79 Å². The van der Waals surface area contributed by atoms with Gasteiger partial charge in [0.05, 0.1) is 0 Å². The SMILES string of the molecule is O=C(CCSc1ncnc2sc3c(c12)CCC3)Nc1nncs1. The predicted molar refractivity (Wildman–Crippen MR) is 93.3 cm³/mol. The summed E-state index contributed by atoms with van der Waals surface area (Å²) in [5, 5.41) is 13.0. The van der Waals surface area contributed by atoms with Gasteiger partial charge in [-0.15, -0.1) is 33.3 Å². The van der Waals surface area contributed by atoms with E-state index in [9.17, 15) is 4.79 Å². The average Bonchev–Trinajstić information content (AvgIpc) is 3.23. The number of nitrogens with zero attached hydrogens (tertiary/aromatic N) is 4. The van der Waals surface area contributed by atoms with Crippen molar-refractivity contribution in [2.24, 2.45) is 0 Å². The number of hydrogen-bond donors (Lipinski definition) is 1. The lowest BCUT2D eigenvalue weighted by atomic mass is 10.2. The smallest absolute Gasteiger partial charge is 0.227 e. The molecule has 23 heavy (non-hydrogen) atoms. The van der Waals surface area contributed by atoms with Crippen LogP contribution in [0.1, 0.15) is 23.3 Å². The summed E-state index contributed by atoms with van der Waals surface area (Å²) in [6.07, 6.45) is 5.54. The molecule has 6 nitrogen and oxygen atoms in total. The molecule has 3 aromatic rings. The van der Waals surface area contributed by atoms with E-state index >= 15 is 0 Å². The van der Waals surface area contributed by atoms with Crippen LogP contribution >= 0.6 is 34.4 Å². The standard InChI is InChI=1S/C14H13N5OS3/c20-10(18-14-19-17-7-22-14)4-5-21-12-11-8-2-1-3-9(8)23-13(11)16-6-15-12/h6-7H,1-5H2,(H,18,19,20). The van der Waals surface area contributed by atoms with Gasteiger partial charge in [0.1, 0.15) is 21.7 Å². The Balaban J connectivity index is 1.43. The number of fused-ring (bicyclic) bond motifs is 3. The maximum atomic E-state index is 11.9. The van der Waals surface area contributed by atoms with Crippen LogP contribution in [0.2, 0.25) is 0 Å². The first-order valence-electron chi connectivity index (χ1n) is 7.25. The van der Waals surface area contributed by atoms with E-state index in [0.717, 1.165) is 22.7 Å². The van der Waals surface area contributed by atoms with Gasteiger partial charge in [-0.1, -0.05) is 11.3 Å².